The SMILES string of the molecule is CCCCCC=CCC=CCCCCCCCC(=O)OCC(COP(=O)(O)OC1C(O)C(O)C(OP(=O)(O)O)C(OP(=O)(O)O)C1O)OC(=O)CCCCCCCCCC=CCCCCCCCC. The maximum Gasteiger partial charge on any atom is 0.472 e. The monoisotopic (exact) mass is 1050 g/mol. The normalized spacial score (nSPS) is 21.6. The number of ether oxygens (including phenoxy) is 2. The number of aliphatic hydroxyl groups is 3. The first-order valence-corrected chi connectivity index (χ1v) is 29.8. The second kappa shape index (κ2) is 38.9. The molecule has 1 aliphatic carbocycles. The lowest BCUT2D eigenvalue weighted by atomic mass is 9.85. The van der Waals surface area contributed by atoms with Gasteiger partial charge >= 0.3 is 35.4 Å². The minimum Gasteiger partial charge on any atom is -0.462 e. The Kier molecular flexibility index (Phi) is 36.9. The lowest BCUT2D eigenvalue weighted by molar-refractivity contribution is -0.213. The average molecular weight is 1050 g/mol. The van der Waals surface area contributed by atoms with Gasteiger partial charge in [-0.1, -0.05) is 147 Å². The van der Waals surface area contributed by atoms with E-state index in [-0.39, 0.29) is 12.8 Å². The number of allylic oxidation sites excluding steroid dienone is 6. The van der Waals surface area contributed by atoms with Crippen LogP contribution in [0.4, 0.5) is 0 Å². The highest BCUT2D eigenvalue weighted by Gasteiger charge is 2.56. The molecule has 0 aromatic heterocycles. The van der Waals surface area contributed by atoms with Gasteiger partial charge in [0.15, 0.2) is 6.10 Å². The van der Waals surface area contributed by atoms with E-state index < -0.39 is 91.3 Å². The van der Waals surface area contributed by atoms with Crippen LogP contribution in [0.1, 0.15) is 194 Å². The number of hydrogen-bond donors (Lipinski definition) is 8. The molecule has 69 heavy (non-hydrogen) atoms. The van der Waals surface area contributed by atoms with Crippen LogP contribution in [0.3, 0.4) is 0 Å². The summed E-state index contributed by atoms with van der Waals surface area (Å²) >= 11 is 0. The third-order valence-corrected chi connectivity index (χ3v) is 13.4. The van der Waals surface area contributed by atoms with E-state index in [1.807, 2.05) is 0 Å². The van der Waals surface area contributed by atoms with Crippen molar-refractivity contribution in [1.29, 1.82) is 0 Å². The maximum atomic E-state index is 13.1. The highest BCUT2D eigenvalue weighted by molar-refractivity contribution is 7.47. The number of carbonyl (C=O) groups is 2. The van der Waals surface area contributed by atoms with E-state index in [2.05, 4.69) is 59.4 Å². The van der Waals surface area contributed by atoms with Crippen LogP contribution in [-0.4, -0.2) is 108 Å². The summed E-state index contributed by atoms with van der Waals surface area (Å²) in [6, 6.07) is 0. The van der Waals surface area contributed by atoms with E-state index in [0.29, 0.717) is 12.8 Å². The Morgan fingerprint density at radius 3 is 1.32 bits per heavy atom. The van der Waals surface area contributed by atoms with Crippen molar-refractivity contribution in [3.8, 4) is 0 Å². The van der Waals surface area contributed by atoms with E-state index >= 15 is 0 Å². The molecule has 0 aromatic rings. The number of carbonyl (C=O) groups excluding carboxylic acids is 2. The predicted octanol–water partition coefficient (Wildman–Crippen LogP) is 9.63. The number of phosphoric acid groups is 3. The molecule has 1 aliphatic rings. The Labute approximate surface area is 410 Å². The van der Waals surface area contributed by atoms with Gasteiger partial charge in [0.25, 0.3) is 0 Å². The standard InChI is InChI=1S/C47H87O19P3/c1-3-5-7-9-11-13-15-17-19-20-22-24-26-28-30-32-34-36-41(49)63-39(37-61-40(48)35-33-31-29-27-25-23-21-18-16-14-12-10-8-6-4-2)38-62-69(59,60)66-45-42(50)43(51)46(64-67(53,54)55)47(44(45)52)65-68(56,57)58/h12,14,17-19,21,39,42-47,50-52H,3-11,13,15-16,20,22-38H2,1-2H3,(H,59,60)(H2,53,54,55)(H2,56,57,58). The Hall–Kier alpha value is -1.63. The lowest BCUT2D eigenvalue weighted by Crippen LogP contribution is -2.65. The molecule has 19 nitrogen and oxygen atoms in total. The van der Waals surface area contributed by atoms with Crippen molar-refractivity contribution in [3.05, 3.63) is 36.5 Å². The summed E-state index contributed by atoms with van der Waals surface area (Å²) in [7, 11) is -16.6. The summed E-state index contributed by atoms with van der Waals surface area (Å²) in [5.74, 6) is -1.32. The molecule has 0 radical (unpaired) electrons. The zero-order valence-corrected chi connectivity index (χ0v) is 43.8. The maximum absolute atomic E-state index is 13.1. The number of phosphoric ester groups is 3. The molecule has 0 saturated heterocycles. The molecule has 404 valence electrons. The van der Waals surface area contributed by atoms with Gasteiger partial charge < -0.3 is 49.3 Å². The van der Waals surface area contributed by atoms with Gasteiger partial charge in [0.2, 0.25) is 0 Å². The van der Waals surface area contributed by atoms with Crippen molar-refractivity contribution in [2.24, 2.45) is 0 Å². The number of unbranched alkanes of at least 4 members (excludes halogenated alkanes) is 21. The summed E-state index contributed by atoms with van der Waals surface area (Å²) in [5.41, 5.74) is 0. The van der Waals surface area contributed by atoms with Gasteiger partial charge in [-0.3, -0.25) is 27.7 Å². The van der Waals surface area contributed by atoms with E-state index in [1.165, 1.54) is 57.8 Å². The molecule has 0 amide bonds. The molecular formula is C47H87O19P3. The number of rotatable bonds is 43. The van der Waals surface area contributed by atoms with E-state index in [9.17, 15) is 63.1 Å². The number of hydrogen-bond acceptors (Lipinski definition) is 14. The molecule has 22 heteroatoms. The number of aliphatic hydroxyl groups excluding tert-OH is 3. The Bertz CT molecular complexity index is 1580. The highest BCUT2D eigenvalue weighted by Crippen LogP contribution is 2.51. The van der Waals surface area contributed by atoms with Crippen molar-refractivity contribution in [3.63, 3.8) is 0 Å². The van der Waals surface area contributed by atoms with Gasteiger partial charge in [0.05, 0.1) is 6.61 Å². The summed E-state index contributed by atoms with van der Waals surface area (Å²) in [4.78, 5) is 73.3. The fraction of sp³-hybridized carbons (Fsp3) is 0.830. The van der Waals surface area contributed by atoms with Gasteiger partial charge in [0, 0.05) is 12.8 Å². The van der Waals surface area contributed by atoms with Gasteiger partial charge in [-0.15, -0.1) is 0 Å². The molecule has 8 atom stereocenters. The first kappa shape index (κ1) is 65.4. The molecule has 8 N–H and O–H groups in total. The van der Waals surface area contributed by atoms with E-state index in [4.69, 9.17) is 18.5 Å². The summed E-state index contributed by atoms with van der Waals surface area (Å²) < 4.78 is 65.6. The zero-order valence-electron chi connectivity index (χ0n) is 41.1. The van der Waals surface area contributed by atoms with Gasteiger partial charge in [-0.05, 0) is 70.6 Å². The first-order valence-electron chi connectivity index (χ1n) is 25.3. The molecule has 0 spiro atoms. The molecule has 1 saturated carbocycles. The molecule has 1 fully saturated rings. The second-order valence-electron chi connectivity index (χ2n) is 17.7. The molecule has 1 rings (SSSR count). The summed E-state index contributed by atoms with van der Waals surface area (Å²) in [5, 5.41) is 31.9. The predicted molar refractivity (Wildman–Crippen MR) is 261 cm³/mol. The molecule has 0 bridgehead atoms. The van der Waals surface area contributed by atoms with E-state index in [1.54, 1.807) is 0 Å². The van der Waals surface area contributed by atoms with Gasteiger partial charge in [-0.25, -0.2) is 13.7 Å². The van der Waals surface area contributed by atoms with Crippen LogP contribution in [0.5, 0.6) is 0 Å². The van der Waals surface area contributed by atoms with Crippen molar-refractivity contribution < 1.29 is 90.6 Å². The molecule has 8 unspecified atom stereocenters. The summed E-state index contributed by atoms with van der Waals surface area (Å²) in [6.45, 7) is 2.91. The van der Waals surface area contributed by atoms with Crippen LogP contribution >= 0.6 is 23.5 Å². The fourth-order valence-corrected chi connectivity index (χ4v) is 9.70. The minimum absolute atomic E-state index is 0.00967. The van der Waals surface area contributed by atoms with Gasteiger partial charge in [0.1, 0.15) is 43.2 Å². The first-order chi connectivity index (χ1) is 32.8. The molecule has 0 heterocycles. The minimum atomic E-state index is -5.60. The smallest absolute Gasteiger partial charge is 0.462 e. The zero-order chi connectivity index (χ0) is 51.4. The Balaban J connectivity index is 2.71. The van der Waals surface area contributed by atoms with Crippen LogP contribution in [0.2, 0.25) is 0 Å². The largest absolute Gasteiger partial charge is 0.472 e. The quantitative estimate of drug-likeness (QED) is 0.0122. The van der Waals surface area contributed by atoms with Crippen LogP contribution in [-0.2, 0) is 50.9 Å². The van der Waals surface area contributed by atoms with Crippen LogP contribution in [0.15, 0.2) is 36.5 Å². The molecular weight excluding hydrogens is 961 g/mol. The Morgan fingerprint density at radius 2 is 0.841 bits per heavy atom. The van der Waals surface area contributed by atoms with Gasteiger partial charge in [-0.2, -0.15) is 0 Å². The topological polar surface area (TPSA) is 303 Å². The molecule has 0 aromatic carbocycles. The third kappa shape index (κ3) is 35.2. The van der Waals surface area contributed by atoms with Crippen LogP contribution in [0.25, 0.3) is 0 Å². The summed E-state index contributed by atoms with van der Waals surface area (Å²) in [6.07, 6.45) is 24.3. The van der Waals surface area contributed by atoms with Crippen molar-refractivity contribution in [2.45, 2.75) is 236 Å². The van der Waals surface area contributed by atoms with E-state index in [0.717, 1.165) is 96.3 Å². The Morgan fingerprint density at radius 1 is 0.464 bits per heavy atom. The van der Waals surface area contributed by atoms with Crippen LogP contribution in [0, 0.1) is 0 Å². The second-order valence-corrected chi connectivity index (χ2v) is 21.5. The fourth-order valence-electron chi connectivity index (χ4n) is 7.61. The van der Waals surface area contributed by atoms with Crippen molar-refractivity contribution >= 4 is 35.4 Å². The number of esters is 2. The van der Waals surface area contributed by atoms with Crippen molar-refractivity contribution in [1.82, 2.24) is 0 Å². The third-order valence-electron chi connectivity index (χ3n) is 11.4. The lowest BCUT2D eigenvalue weighted by Gasteiger charge is -2.44. The van der Waals surface area contributed by atoms with Crippen LogP contribution < -0.4 is 0 Å². The highest BCUT2D eigenvalue weighted by atomic mass is 31.2. The van der Waals surface area contributed by atoms with Crippen molar-refractivity contribution in [2.75, 3.05) is 13.2 Å². The average Bonchev–Trinajstić information content (AvgIpc) is 3.28. The molecule has 0 aliphatic heterocycles.